The molecule has 0 atom stereocenters. The van der Waals surface area contributed by atoms with Gasteiger partial charge in [0.05, 0.1) is 11.9 Å². The maximum Gasteiger partial charge on any atom is 0.248 e. The van der Waals surface area contributed by atoms with E-state index in [1.165, 1.54) is 6.33 Å². The van der Waals surface area contributed by atoms with E-state index < -0.39 is 5.92 Å². The number of hydrogen-bond acceptors (Lipinski definition) is 4. The summed E-state index contributed by atoms with van der Waals surface area (Å²) in [4.78, 5) is 6.76. The predicted octanol–water partition coefficient (Wildman–Crippen LogP) is 3.65. The zero-order chi connectivity index (χ0) is 21.1. The summed E-state index contributed by atoms with van der Waals surface area (Å²) < 4.78 is 42.2. The number of aryl methyl sites for hydroxylation is 1. The third-order valence-electron chi connectivity index (χ3n) is 7.18. The van der Waals surface area contributed by atoms with Gasteiger partial charge < -0.3 is 4.90 Å². The molecule has 2 saturated carbocycles. The Hall–Kier alpha value is -1.32. The Bertz CT molecular complexity index is 962. The van der Waals surface area contributed by atoms with Crippen LogP contribution < -0.4 is 4.90 Å². The SMILES string of the molecule is Cc1cc(Cl)n2ncnc(N3CC4(CC(N(CC5CCC(F)(F)CC5)[SH]=O)C4)C3)c12. The first kappa shape index (κ1) is 20.6. The molecule has 5 rings (SSSR count). The second-order valence-electron chi connectivity index (χ2n) is 9.42. The lowest BCUT2D eigenvalue weighted by Gasteiger charge is -2.60. The molecule has 164 valence electrons. The van der Waals surface area contributed by atoms with Crippen molar-refractivity contribution in [1.29, 1.82) is 0 Å². The molecular formula is C20H26ClF2N5OS. The topological polar surface area (TPSA) is 53.7 Å². The van der Waals surface area contributed by atoms with Gasteiger partial charge >= 0.3 is 0 Å². The average molecular weight is 458 g/mol. The van der Waals surface area contributed by atoms with Gasteiger partial charge in [-0.15, -0.1) is 0 Å². The highest BCUT2D eigenvalue weighted by Gasteiger charge is 2.54. The Labute approximate surface area is 183 Å². The van der Waals surface area contributed by atoms with Crippen molar-refractivity contribution in [3.8, 4) is 0 Å². The molecule has 30 heavy (non-hydrogen) atoms. The highest BCUT2D eigenvalue weighted by Crippen LogP contribution is 2.52. The largest absolute Gasteiger partial charge is 0.354 e. The maximum absolute atomic E-state index is 13.4. The summed E-state index contributed by atoms with van der Waals surface area (Å²) in [6.45, 7) is 4.49. The van der Waals surface area contributed by atoms with Gasteiger partial charge in [0, 0.05) is 43.9 Å². The Morgan fingerprint density at radius 3 is 2.67 bits per heavy atom. The fourth-order valence-corrected chi connectivity index (χ4v) is 6.39. The zero-order valence-electron chi connectivity index (χ0n) is 16.9. The number of halogens is 3. The summed E-state index contributed by atoms with van der Waals surface area (Å²) in [5.74, 6) is -1.39. The lowest BCUT2D eigenvalue weighted by Crippen LogP contribution is -2.66. The van der Waals surface area contributed by atoms with Crippen LogP contribution in [0.25, 0.3) is 5.52 Å². The van der Waals surface area contributed by atoms with E-state index in [1.54, 1.807) is 4.52 Å². The zero-order valence-corrected chi connectivity index (χ0v) is 18.5. The van der Waals surface area contributed by atoms with Gasteiger partial charge in [-0.1, -0.05) is 11.6 Å². The highest BCUT2D eigenvalue weighted by atomic mass is 35.5. The van der Waals surface area contributed by atoms with Crippen LogP contribution in [0.1, 0.15) is 44.1 Å². The maximum atomic E-state index is 13.4. The van der Waals surface area contributed by atoms with Crippen LogP contribution in [0.4, 0.5) is 14.6 Å². The smallest absolute Gasteiger partial charge is 0.248 e. The Morgan fingerprint density at radius 2 is 2.00 bits per heavy atom. The molecule has 0 bridgehead atoms. The van der Waals surface area contributed by atoms with E-state index >= 15 is 0 Å². The lowest BCUT2D eigenvalue weighted by atomic mass is 9.60. The van der Waals surface area contributed by atoms with Gasteiger partial charge in [-0.3, -0.25) is 0 Å². The molecule has 10 heteroatoms. The minimum absolute atomic E-state index is 0.0138. The Morgan fingerprint density at radius 1 is 1.30 bits per heavy atom. The molecule has 2 aromatic heterocycles. The standard InChI is InChI=1S/C20H26ClF2N5OS/c1-13-6-16(21)28-17(13)18(24-12-25-28)26-10-19(11-26)7-15(8-19)27(30-29)9-14-2-4-20(22,23)5-3-14/h6,12,14-15,30H,2-5,7-11H2,1H3. The van der Waals surface area contributed by atoms with Crippen molar-refractivity contribution in [2.75, 3.05) is 24.5 Å². The summed E-state index contributed by atoms with van der Waals surface area (Å²) in [5.41, 5.74) is 2.24. The molecule has 6 nitrogen and oxygen atoms in total. The van der Waals surface area contributed by atoms with Crippen molar-refractivity contribution in [3.05, 3.63) is 23.1 Å². The van der Waals surface area contributed by atoms with Gasteiger partial charge in [-0.05, 0) is 50.2 Å². The van der Waals surface area contributed by atoms with Crippen molar-refractivity contribution in [3.63, 3.8) is 0 Å². The minimum Gasteiger partial charge on any atom is -0.354 e. The van der Waals surface area contributed by atoms with E-state index in [0.29, 0.717) is 24.5 Å². The monoisotopic (exact) mass is 457 g/mol. The van der Waals surface area contributed by atoms with Gasteiger partial charge in [-0.25, -0.2) is 26.8 Å². The quantitative estimate of drug-likeness (QED) is 0.696. The Kier molecular flexibility index (Phi) is 5.06. The first-order valence-corrected chi connectivity index (χ1v) is 11.7. The number of nitrogens with zero attached hydrogens (tertiary/aromatic N) is 5. The van der Waals surface area contributed by atoms with E-state index in [-0.39, 0.29) is 42.1 Å². The van der Waals surface area contributed by atoms with Crippen LogP contribution in [0.2, 0.25) is 5.15 Å². The van der Waals surface area contributed by atoms with Gasteiger partial charge in [0.15, 0.2) is 5.82 Å². The molecule has 0 N–H and O–H groups in total. The second-order valence-corrected chi connectivity index (χ2v) is 10.5. The molecule has 1 saturated heterocycles. The van der Waals surface area contributed by atoms with Gasteiger partial charge in [-0.2, -0.15) is 5.10 Å². The van der Waals surface area contributed by atoms with E-state index in [0.717, 1.165) is 42.8 Å². The normalized spacial score (nSPS) is 23.8. The second kappa shape index (κ2) is 7.38. The summed E-state index contributed by atoms with van der Waals surface area (Å²) in [5, 5.41) is 4.82. The van der Waals surface area contributed by atoms with Crippen molar-refractivity contribution in [2.45, 2.75) is 57.4 Å². The van der Waals surface area contributed by atoms with Crippen LogP contribution in [0.3, 0.4) is 0 Å². The Balaban J connectivity index is 1.18. The van der Waals surface area contributed by atoms with Crippen molar-refractivity contribution in [1.82, 2.24) is 18.9 Å². The number of fused-ring (bicyclic) bond motifs is 1. The molecule has 0 amide bonds. The van der Waals surface area contributed by atoms with Crippen molar-refractivity contribution >= 4 is 34.8 Å². The van der Waals surface area contributed by atoms with Crippen LogP contribution in [0.5, 0.6) is 0 Å². The summed E-state index contributed by atoms with van der Waals surface area (Å²) in [6.07, 6.45) is 4.48. The van der Waals surface area contributed by atoms with Crippen molar-refractivity contribution in [2.24, 2.45) is 11.3 Å². The molecular weight excluding hydrogens is 432 g/mol. The number of rotatable bonds is 5. The third kappa shape index (κ3) is 3.52. The van der Waals surface area contributed by atoms with Gasteiger partial charge in [0.25, 0.3) is 0 Å². The fraction of sp³-hybridized carbons (Fsp3) is 0.700. The molecule has 2 aliphatic carbocycles. The van der Waals surface area contributed by atoms with Crippen LogP contribution >= 0.6 is 11.6 Å². The molecule has 3 fully saturated rings. The molecule has 3 aliphatic rings. The molecule has 1 aliphatic heterocycles. The van der Waals surface area contributed by atoms with Crippen LogP contribution in [0, 0.1) is 18.3 Å². The van der Waals surface area contributed by atoms with E-state index in [4.69, 9.17) is 11.6 Å². The van der Waals surface area contributed by atoms with E-state index in [1.807, 2.05) is 17.3 Å². The fourth-order valence-electron chi connectivity index (χ4n) is 5.51. The first-order valence-electron chi connectivity index (χ1n) is 10.5. The lowest BCUT2D eigenvalue weighted by molar-refractivity contribution is -0.0509. The first-order chi connectivity index (χ1) is 14.3. The molecule has 3 heterocycles. The van der Waals surface area contributed by atoms with Crippen LogP contribution in [0.15, 0.2) is 12.4 Å². The molecule has 1 spiro atoms. The minimum atomic E-state index is -2.51. The predicted molar refractivity (Wildman–Crippen MR) is 114 cm³/mol. The summed E-state index contributed by atoms with van der Waals surface area (Å²) >= 11 is 6.27. The van der Waals surface area contributed by atoms with Gasteiger partial charge in [0.1, 0.15) is 17.0 Å². The number of aromatic nitrogens is 3. The summed E-state index contributed by atoms with van der Waals surface area (Å²) in [7, 11) is 0. The highest BCUT2D eigenvalue weighted by molar-refractivity contribution is 7.63. The number of alkyl halides is 2. The number of anilines is 1. The molecule has 2 aromatic rings. The third-order valence-corrected chi connectivity index (χ3v) is 8.15. The van der Waals surface area contributed by atoms with Crippen LogP contribution in [-0.2, 0) is 11.9 Å². The average Bonchev–Trinajstić information content (AvgIpc) is 2.94. The van der Waals surface area contributed by atoms with Gasteiger partial charge in [0.2, 0.25) is 5.92 Å². The molecule has 0 unspecified atom stereocenters. The molecule has 0 aromatic carbocycles. The summed E-state index contributed by atoms with van der Waals surface area (Å²) in [6, 6.07) is 2.17. The number of hydrogen-bond donors (Lipinski definition) is 1. The van der Waals surface area contributed by atoms with Crippen molar-refractivity contribution < 1.29 is 13.0 Å². The molecule has 0 radical (unpaired) electrons. The van der Waals surface area contributed by atoms with E-state index in [9.17, 15) is 13.0 Å². The van der Waals surface area contributed by atoms with Crippen LogP contribution in [-0.4, -0.2) is 54.7 Å². The van der Waals surface area contributed by atoms with E-state index in [2.05, 4.69) is 15.0 Å². The number of thiol groups is 1.